The fourth-order valence-corrected chi connectivity index (χ4v) is 12.7. The summed E-state index contributed by atoms with van der Waals surface area (Å²) in [7, 11) is 3.85. The Bertz CT molecular complexity index is 904. The van der Waals surface area contributed by atoms with Crippen LogP contribution in [0.1, 0.15) is 65.2 Å². The Morgan fingerprint density at radius 2 is 1.35 bits per heavy atom. The van der Waals surface area contributed by atoms with E-state index in [-0.39, 0.29) is 11.5 Å². The number of urea groups is 1. The average molecular weight is 821 g/mol. The topological polar surface area (TPSA) is 191 Å². The van der Waals surface area contributed by atoms with Crippen molar-refractivity contribution in [2.45, 2.75) is 102 Å². The Balaban J connectivity index is -0.000000769. The van der Waals surface area contributed by atoms with Crippen molar-refractivity contribution >= 4 is 46.8 Å². The van der Waals surface area contributed by atoms with Gasteiger partial charge >= 0.3 is 32.2 Å². The van der Waals surface area contributed by atoms with Crippen LogP contribution in [0.4, 0.5) is 4.79 Å². The van der Waals surface area contributed by atoms with E-state index in [1.807, 2.05) is 12.0 Å². The highest BCUT2D eigenvalue weighted by molar-refractivity contribution is 6.70. The van der Waals surface area contributed by atoms with Gasteiger partial charge in [-0.2, -0.15) is 0 Å². The molecule has 1 rings (SSSR count). The summed E-state index contributed by atoms with van der Waals surface area (Å²) in [6, 6.07) is 3.17. The Morgan fingerprint density at radius 1 is 0.827 bits per heavy atom. The molecule has 0 aromatic rings. The van der Waals surface area contributed by atoms with E-state index in [1.165, 1.54) is 51.6 Å². The van der Waals surface area contributed by atoms with E-state index in [1.54, 1.807) is 49.2 Å². The Kier molecular flexibility index (Phi) is 34.5. The van der Waals surface area contributed by atoms with Gasteiger partial charge in [-0.3, -0.25) is 0 Å². The molecule has 0 aliphatic carbocycles. The van der Waals surface area contributed by atoms with Gasteiger partial charge in [0.25, 0.3) is 8.48 Å². The molecular formula is C32H76N4O12Si4. The zero-order valence-corrected chi connectivity index (χ0v) is 38.6. The second kappa shape index (κ2) is 32.3. The van der Waals surface area contributed by atoms with E-state index < -0.39 is 34.6 Å². The van der Waals surface area contributed by atoms with Gasteiger partial charge in [0.05, 0.1) is 6.54 Å². The summed E-state index contributed by atoms with van der Waals surface area (Å²) < 4.78 is 45.1. The molecule has 52 heavy (non-hydrogen) atoms. The molecule has 1 heterocycles. The van der Waals surface area contributed by atoms with E-state index in [0.717, 1.165) is 25.7 Å². The van der Waals surface area contributed by atoms with Gasteiger partial charge in [-0.15, -0.1) is 0 Å². The number of unbranched alkanes of at least 4 members (excludes halogenated alkanes) is 2. The molecule has 2 atom stereocenters. The highest BCUT2D eigenvalue weighted by Gasteiger charge is 2.40. The van der Waals surface area contributed by atoms with Crippen molar-refractivity contribution in [1.82, 2.24) is 14.8 Å². The van der Waals surface area contributed by atoms with Crippen molar-refractivity contribution in [2.75, 3.05) is 96.1 Å². The first kappa shape index (κ1) is 55.4. The molecular weight excluding hydrogens is 745 g/mol. The van der Waals surface area contributed by atoms with E-state index in [9.17, 15) is 14.4 Å². The smallest absolute Gasteiger partial charge is 0.412 e. The Morgan fingerprint density at radius 3 is 1.81 bits per heavy atom. The third-order valence-electron chi connectivity index (χ3n) is 9.16. The van der Waals surface area contributed by atoms with Crippen molar-refractivity contribution in [1.29, 1.82) is 0 Å². The largest absolute Gasteiger partial charge is 0.500 e. The van der Waals surface area contributed by atoms with Gasteiger partial charge in [-0.25, -0.2) is 14.6 Å². The molecule has 16 nitrogen and oxygen atoms in total. The van der Waals surface area contributed by atoms with Crippen LogP contribution in [0, 0.1) is 0 Å². The minimum absolute atomic E-state index is 0. The van der Waals surface area contributed by atoms with Crippen LogP contribution in [0.5, 0.6) is 0 Å². The monoisotopic (exact) mass is 820 g/mol. The molecule has 0 saturated carbocycles. The van der Waals surface area contributed by atoms with Crippen LogP contribution >= 0.6 is 0 Å². The molecule has 0 spiro atoms. The predicted octanol–water partition coefficient (Wildman–Crippen LogP) is 4.14. The van der Waals surface area contributed by atoms with E-state index in [2.05, 4.69) is 35.3 Å². The number of carbonyl (C=O) groups is 1. The lowest BCUT2D eigenvalue weighted by Gasteiger charge is -2.30. The molecule has 0 radical (unpaired) electrons. The van der Waals surface area contributed by atoms with E-state index in [4.69, 9.17) is 35.4 Å². The van der Waals surface area contributed by atoms with Gasteiger partial charge in [-0.1, -0.05) is 26.7 Å². The highest BCUT2D eigenvalue weighted by atomic mass is 28.4. The molecule has 0 aromatic carbocycles. The second-order valence-electron chi connectivity index (χ2n) is 12.6. The fraction of sp³-hybridized carbons (Fsp3) is 0.938. The lowest BCUT2D eigenvalue weighted by atomic mass is 10.3. The van der Waals surface area contributed by atoms with Crippen LogP contribution in [0.25, 0.3) is 0 Å². The summed E-state index contributed by atoms with van der Waals surface area (Å²) in [6.45, 7) is 13.3. The predicted molar refractivity (Wildman–Crippen MR) is 214 cm³/mol. The number of rotatable bonds is 26. The summed E-state index contributed by atoms with van der Waals surface area (Å²) in [5.74, 6) is 0. The standard InChI is InChI=1S/C16H38N2O6Si2.C9H21NOSi.C7H15NO4Si.H2O/c1-7-8-12-18(13-10-14-25(6,20)21-2)16(19)17-11-9-15-26(22-3,23-4)24-5;1-4-5-7-10-8-6-9-12(10,3)11-2;1-10-13(11-2,12-3)6-4-5-8-7-9;/h20H,7-15H2,1-6H3,(H,17,19);4-9H2,1-3H3;4-6H2,1-3H3;1H2. The summed E-state index contributed by atoms with van der Waals surface area (Å²) in [5.41, 5.74) is 0. The van der Waals surface area contributed by atoms with Gasteiger partial charge in [0.15, 0.2) is 0 Å². The first-order valence-electron chi connectivity index (χ1n) is 18.2. The number of nitrogens with zero attached hydrogens (tertiary/aromatic N) is 3. The quantitative estimate of drug-likeness (QED) is 0.0550. The zero-order chi connectivity index (χ0) is 39.2. The van der Waals surface area contributed by atoms with Crippen LogP contribution in [-0.4, -0.2) is 163 Å². The number of isocyanates is 1. The molecule has 0 bridgehead atoms. The van der Waals surface area contributed by atoms with Crippen LogP contribution in [0.3, 0.4) is 0 Å². The Labute approximate surface area is 319 Å². The molecule has 20 heteroatoms. The maximum absolute atomic E-state index is 12.5. The SMILES string of the molecule is CCCCN(CCC[Si](C)(O)OC)C(=O)NCCC[Si](OC)(OC)OC.CCCCN1CCC[Si]1(C)OC.CO[Si](CCCN=C=O)(OC)OC.O. The van der Waals surface area contributed by atoms with Crippen molar-refractivity contribution < 1.29 is 55.3 Å². The van der Waals surface area contributed by atoms with Crippen LogP contribution in [-0.2, 0) is 40.2 Å². The summed E-state index contributed by atoms with van der Waals surface area (Å²) in [4.78, 5) is 37.5. The van der Waals surface area contributed by atoms with Gasteiger partial charge < -0.3 is 60.5 Å². The van der Waals surface area contributed by atoms with Gasteiger partial charge in [0.2, 0.25) is 6.08 Å². The van der Waals surface area contributed by atoms with Gasteiger partial charge in [0.1, 0.15) is 0 Å². The van der Waals surface area contributed by atoms with Crippen LogP contribution < -0.4 is 5.32 Å². The normalized spacial score (nSPS) is 17.0. The van der Waals surface area contributed by atoms with E-state index >= 15 is 0 Å². The maximum atomic E-state index is 12.5. The third kappa shape index (κ3) is 23.1. The molecule has 1 aliphatic rings. The summed E-state index contributed by atoms with van der Waals surface area (Å²) >= 11 is 0. The third-order valence-corrected chi connectivity index (χ3v) is 20.9. The van der Waals surface area contributed by atoms with Crippen molar-refractivity contribution in [3.8, 4) is 0 Å². The number of nitrogens with one attached hydrogen (secondary N) is 1. The lowest BCUT2D eigenvalue weighted by molar-refractivity contribution is 0.122. The number of hydrogen-bond donors (Lipinski definition) is 2. The van der Waals surface area contributed by atoms with Crippen molar-refractivity contribution in [2.24, 2.45) is 4.99 Å². The second-order valence-corrected chi connectivity index (χ2v) is 26.0. The number of carbonyl (C=O) groups excluding carboxylic acids is 2. The molecule has 2 amide bonds. The van der Waals surface area contributed by atoms with Gasteiger partial charge in [0, 0.05) is 88.6 Å². The summed E-state index contributed by atoms with van der Waals surface area (Å²) in [6.07, 6.45) is 9.59. The maximum Gasteiger partial charge on any atom is 0.500 e. The number of aliphatic imine (C=N–C) groups is 1. The molecule has 1 saturated heterocycles. The summed E-state index contributed by atoms with van der Waals surface area (Å²) in [5, 5.41) is 2.96. The molecule has 2 unspecified atom stereocenters. The van der Waals surface area contributed by atoms with Crippen molar-refractivity contribution in [3.63, 3.8) is 0 Å². The van der Waals surface area contributed by atoms with Gasteiger partial charge in [-0.05, 0) is 76.8 Å². The van der Waals surface area contributed by atoms with Crippen LogP contribution in [0.2, 0.25) is 37.3 Å². The molecule has 312 valence electrons. The lowest BCUT2D eigenvalue weighted by Crippen LogP contribution is -2.48. The molecule has 1 aliphatic heterocycles. The Hall–Kier alpha value is -0.922. The first-order chi connectivity index (χ1) is 24.3. The molecule has 4 N–H and O–H groups in total. The molecule has 1 fully saturated rings. The molecule has 0 aromatic heterocycles. The fourth-order valence-electron chi connectivity index (χ4n) is 5.43. The van der Waals surface area contributed by atoms with Crippen LogP contribution in [0.15, 0.2) is 4.99 Å². The number of hydrogen-bond acceptors (Lipinski definition) is 13. The zero-order valence-electron chi connectivity index (χ0n) is 34.6. The minimum atomic E-state index is -2.59. The number of amides is 2. The van der Waals surface area contributed by atoms with E-state index in [0.29, 0.717) is 50.7 Å². The minimum Gasteiger partial charge on any atom is -0.412 e. The highest BCUT2D eigenvalue weighted by Crippen LogP contribution is 2.26. The first-order valence-corrected chi connectivity index (χ1v) is 27.2. The average Bonchev–Trinajstić information content (AvgIpc) is 3.53. The van der Waals surface area contributed by atoms with Crippen molar-refractivity contribution in [3.05, 3.63) is 0 Å².